The summed E-state index contributed by atoms with van der Waals surface area (Å²) in [6.07, 6.45) is -1.45. The number of hydrogen-bond donors (Lipinski definition) is 2. The first-order valence-corrected chi connectivity index (χ1v) is 9.73. The van der Waals surface area contributed by atoms with Crippen LogP contribution in [0.3, 0.4) is 0 Å². The second-order valence-corrected chi connectivity index (χ2v) is 6.65. The molecule has 2 heterocycles. The molecular weight excluding hydrogens is 445 g/mol. The largest absolute Gasteiger partial charge is 0.472 e. The van der Waals surface area contributed by atoms with Gasteiger partial charge in [0.2, 0.25) is 5.91 Å². The van der Waals surface area contributed by atoms with Gasteiger partial charge >= 0.3 is 12.1 Å². The van der Waals surface area contributed by atoms with E-state index in [-0.39, 0.29) is 31.2 Å². The second-order valence-electron chi connectivity index (χ2n) is 6.65. The van der Waals surface area contributed by atoms with Crippen LogP contribution in [0.15, 0.2) is 53.5 Å². The summed E-state index contributed by atoms with van der Waals surface area (Å²) in [5.41, 5.74) is -1.27. The van der Waals surface area contributed by atoms with Gasteiger partial charge in [-0.1, -0.05) is 0 Å². The van der Waals surface area contributed by atoms with E-state index in [1.165, 1.54) is 49.8 Å². The number of amides is 2. The van der Waals surface area contributed by atoms with E-state index in [9.17, 15) is 27.6 Å². The molecule has 9 nitrogen and oxygen atoms in total. The monoisotopic (exact) mass is 464 g/mol. The van der Waals surface area contributed by atoms with Gasteiger partial charge in [0.05, 0.1) is 30.3 Å². The molecule has 2 N–H and O–H groups in total. The maximum Gasteiger partial charge on any atom is 0.434 e. The third-order valence-corrected chi connectivity index (χ3v) is 4.35. The fraction of sp³-hybridized carbons (Fsp3) is 0.238. The van der Waals surface area contributed by atoms with E-state index in [1.54, 1.807) is 0 Å². The minimum atomic E-state index is -4.85. The molecule has 0 aliphatic heterocycles. The summed E-state index contributed by atoms with van der Waals surface area (Å²) in [4.78, 5) is 35.7. The van der Waals surface area contributed by atoms with Crippen molar-refractivity contribution in [2.45, 2.75) is 19.5 Å². The van der Waals surface area contributed by atoms with Crippen LogP contribution in [0, 0.1) is 0 Å². The third kappa shape index (κ3) is 5.79. The Hall–Kier alpha value is -4.09. The van der Waals surface area contributed by atoms with Gasteiger partial charge < -0.3 is 19.8 Å². The molecular formula is C21H19F3N4O5. The first-order valence-electron chi connectivity index (χ1n) is 9.73. The molecule has 3 rings (SSSR count). The number of halogens is 3. The highest BCUT2D eigenvalue weighted by molar-refractivity contribution is 5.95. The van der Waals surface area contributed by atoms with Crippen molar-refractivity contribution in [3.8, 4) is 5.69 Å². The van der Waals surface area contributed by atoms with Gasteiger partial charge in [-0.25, -0.2) is 9.48 Å². The molecule has 33 heavy (non-hydrogen) atoms. The summed E-state index contributed by atoms with van der Waals surface area (Å²) in [7, 11) is 0. The highest BCUT2D eigenvalue weighted by atomic mass is 19.4. The Balaban J connectivity index is 1.65. The predicted molar refractivity (Wildman–Crippen MR) is 109 cm³/mol. The fourth-order valence-electron chi connectivity index (χ4n) is 2.87. The molecule has 2 amide bonds. The number of esters is 1. The lowest BCUT2D eigenvalue weighted by molar-refractivity contribution is -0.143. The van der Waals surface area contributed by atoms with Gasteiger partial charge in [0.25, 0.3) is 5.91 Å². The fourth-order valence-corrected chi connectivity index (χ4v) is 2.87. The number of hydrogen-bond acceptors (Lipinski definition) is 6. The average molecular weight is 464 g/mol. The number of aromatic nitrogens is 2. The van der Waals surface area contributed by atoms with Crippen LogP contribution in [-0.2, 0) is 15.7 Å². The van der Waals surface area contributed by atoms with Crippen LogP contribution in [0.2, 0.25) is 0 Å². The highest BCUT2D eigenvalue weighted by Crippen LogP contribution is 2.34. The zero-order valence-corrected chi connectivity index (χ0v) is 17.3. The minimum Gasteiger partial charge on any atom is -0.472 e. The van der Waals surface area contributed by atoms with Crippen LogP contribution in [0.1, 0.15) is 39.8 Å². The quantitative estimate of drug-likeness (QED) is 0.494. The number of nitrogens with one attached hydrogen (secondary N) is 2. The van der Waals surface area contributed by atoms with E-state index < -0.39 is 29.3 Å². The summed E-state index contributed by atoms with van der Waals surface area (Å²) in [6.45, 7) is 1.48. The Bertz CT molecular complexity index is 1120. The number of anilines is 1. The van der Waals surface area contributed by atoms with Gasteiger partial charge in [-0.2, -0.15) is 18.3 Å². The molecule has 12 heteroatoms. The molecule has 0 atom stereocenters. The zero-order chi connectivity index (χ0) is 24.0. The Morgan fingerprint density at radius 2 is 1.88 bits per heavy atom. The van der Waals surface area contributed by atoms with Crippen LogP contribution in [0.25, 0.3) is 5.69 Å². The Labute approximate surface area is 185 Å². The maximum absolute atomic E-state index is 13.6. The molecule has 3 aromatic rings. The molecule has 0 spiro atoms. The lowest BCUT2D eigenvalue weighted by atomic mass is 10.2. The molecule has 0 unspecified atom stereocenters. The van der Waals surface area contributed by atoms with Gasteiger partial charge in [0.1, 0.15) is 11.8 Å². The van der Waals surface area contributed by atoms with Gasteiger partial charge in [0.15, 0.2) is 5.69 Å². The van der Waals surface area contributed by atoms with Gasteiger partial charge in [-0.05, 0) is 37.3 Å². The topological polar surface area (TPSA) is 115 Å². The maximum atomic E-state index is 13.6. The molecule has 1 aromatic carbocycles. The zero-order valence-electron chi connectivity index (χ0n) is 17.3. The number of ether oxygens (including phenoxy) is 1. The molecule has 0 fully saturated rings. The van der Waals surface area contributed by atoms with E-state index >= 15 is 0 Å². The first-order chi connectivity index (χ1) is 15.7. The van der Waals surface area contributed by atoms with Crippen molar-refractivity contribution < 1.29 is 36.7 Å². The average Bonchev–Trinajstić information content (AvgIpc) is 3.44. The summed E-state index contributed by atoms with van der Waals surface area (Å²) >= 11 is 0. The lowest BCUT2D eigenvalue weighted by Gasteiger charge is -2.13. The molecule has 0 aliphatic rings. The smallest absolute Gasteiger partial charge is 0.434 e. The van der Waals surface area contributed by atoms with Crippen LogP contribution >= 0.6 is 0 Å². The molecule has 0 saturated heterocycles. The summed E-state index contributed by atoms with van der Waals surface area (Å²) < 4.78 is 50.8. The van der Waals surface area contributed by atoms with E-state index in [0.717, 1.165) is 6.20 Å². The van der Waals surface area contributed by atoms with E-state index in [1.807, 2.05) is 0 Å². The predicted octanol–water partition coefficient (Wildman–Crippen LogP) is 3.42. The summed E-state index contributed by atoms with van der Waals surface area (Å²) in [5, 5.41) is 8.82. The summed E-state index contributed by atoms with van der Waals surface area (Å²) in [6, 6.07) is 6.89. The standard InChI is InChI=1S/C21H19F3N4O5/c1-2-33-20(31)16-11-26-28(18(16)21(22,23)24)15-5-3-14(4-6-15)27-17(29)7-9-25-19(30)13-8-10-32-12-13/h3-6,8,10-12H,2,7,9H2,1H3,(H,25,30)(H,27,29). The van der Waals surface area contributed by atoms with E-state index in [0.29, 0.717) is 15.9 Å². The van der Waals surface area contributed by atoms with Crippen LogP contribution in [0.5, 0.6) is 0 Å². The van der Waals surface area contributed by atoms with Crippen LogP contribution in [-0.4, -0.2) is 40.7 Å². The van der Waals surface area contributed by atoms with E-state index in [4.69, 9.17) is 4.42 Å². The van der Waals surface area contributed by atoms with E-state index in [2.05, 4.69) is 20.5 Å². The Morgan fingerprint density at radius 1 is 1.15 bits per heavy atom. The third-order valence-electron chi connectivity index (χ3n) is 4.35. The molecule has 2 aromatic heterocycles. The van der Waals surface area contributed by atoms with Crippen molar-refractivity contribution in [3.05, 3.63) is 65.9 Å². The number of alkyl halides is 3. The molecule has 0 radical (unpaired) electrons. The minimum absolute atomic E-state index is 0.0222. The van der Waals surface area contributed by atoms with Crippen molar-refractivity contribution in [1.29, 1.82) is 0 Å². The summed E-state index contributed by atoms with van der Waals surface area (Å²) in [5.74, 6) is -1.92. The number of rotatable bonds is 8. The van der Waals surface area contributed by atoms with Crippen LogP contribution < -0.4 is 10.6 Å². The van der Waals surface area contributed by atoms with Gasteiger partial charge in [-0.3, -0.25) is 9.59 Å². The molecule has 0 bridgehead atoms. The highest BCUT2D eigenvalue weighted by Gasteiger charge is 2.41. The number of carbonyl (C=O) groups excluding carboxylic acids is 3. The molecule has 174 valence electrons. The number of benzene rings is 1. The van der Waals surface area contributed by atoms with Gasteiger partial charge in [-0.15, -0.1) is 0 Å². The van der Waals surface area contributed by atoms with Crippen molar-refractivity contribution in [2.75, 3.05) is 18.5 Å². The number of nitrogens with zero attached hydrogens (tertiary/aromatic N) is 2. The Morgan fingerprint density at radius 3 is 2.48 bits per heavy atom. The SMILES string of the molecule is CCOC(=O)c1cnn(-c2ccc(NC(=O)CCNC(=O)c3ccoc3)cc2)c1C(F)(F)F. The van der Waals surface area contributed by atoms with Gasteiger partial charge in [0, 0.05) is 18.7 Å². The van der Waals surface area contributed by atoms with Crippen molar-refractivity contribution in [2.24, 2.45) is 0 Å². The van der Waals surface area contributed by atoms with Crippen molar-refractivity contribution >= 4 is 23.5 Å². The number of furan rings is 1. The number of carbonyl (C=O) groups is 3. The Kier molecular flexibility index (Phi) is 7.16. The second kappa shape index (κ2) is 10.0. The normalized spacial score (nSPS) is 11.2. The molecule has 0 aliphatic carbocycles. The van der Waals surface area contributed by atoms with Crippen molar-refractivity contribution in [1.82, 2.24) is 15.1 Å². The van der Waals surface area contributed by atoms with Crippen LogP contribution in [0.4, 0.5) is 18.9 Å². The lowest BCUT2D eigenvalue weighted by Crippen LogP contribution is -2.27. The van der Waals surface area contributed by atoms with Crippen molar-refractivity contribution in [3.63, 3.8) is 0 Å². The first kappa shape index (κ1) is 23.6. The molecule has 0 saturated carbocycles.